The first-order valence-corrected chi connectivity index (χ1v) is 14.6. The normalized spacial score (nSPS) is 27.7. The molecule has 3 unspecified atom stereocenters. The first-order valence-electron chi connectivity index (χ1n) is 14.6. The summed E-state index contributed by atoms with van der Waals surface area (Å²) in [5.41, 5.74) is 6.50. The van der Waals surface area contributed by atoms with E-state index in [0.29, 0.717) is 18.0 Å². The van der Waals surface area contributed by atoms with E-state index in [1.54, 1.807) is 4.90 Å². The maximum atomic E-state index is 11.8. The molecular weight excluding hydrogens is 512 g/mol. The van der Waals surface area contributed by atoms with Crippen LogP contribution in [0.2, 0.25) is 0 Å². The number of H-pyrrole nitrogens is 2. The quantitative estimate of drug-likeness (QED) is 0.202. The zero-order chi connectivity index (χ0) is 27.2. The van der Waals surface area contributed by atoms with Crippen LogP contribution in [0.15, 0.2) is 73.1 Å². The van der Waals surface area contributed by atoms with E-state index >= 15 is 0 Å². The van der Waals surface area contributed by atoms with E-state index in [4.69, 9.17) is 0 Å². The second-order valence-electron chi connectivity index (χ2n) is 12.3. The Morgan fingerprint density at radius 1 is 0.732 bits per heavy atom. The average molecular weight is 543 g/mol. The fraction of sp³-hybridized carbons (Fsp3) is 0.303. The largest absolute Gasteiger partial charge is 0.465 e. The third-order valence-corrected chi connectivity index (χ3v) is 9.72. The standard InChI is InChI=1S/C33H30N6O2/c40-33(41)39-29-13-24(29)14-30(39)32-35-16-28(38-32)22-8-7-20-9-19(5-6-21(20)10-22)17-1-3-18(4-2-17)27-15-34-31(37-27)26-12-23-11-25(23)36-26/h1-10,15-16,23-26,29-30,36H,11-14H2,(H,34,37)(H,35,38)(H,40,41)/t23-,24?,25+,26-,29?,30?/m0/s1. The summed E-state index contributed by atoms with van der Waals surface area (Å²) < 4.78 is 0. The number of benzene rings is 3. The molecule has 4 aliphatic rings. The lowest BCUT2D eigenvalue weighted by Crippen LogP contribution is -2.32. The summed E-state index contributed by atoms with van der Waals surface area (Å²) in [6, 6.07) is 22.7. The molecule has 4 fully saturated rings. The van der Waals surface area contributed by atoms with Crippen molar-refractivity contribution in [2.24, 2.45) is 11.8 Å². The number of aromatic amines is 2. The molecule has 4 heterocycles. The van der Waals surface area contributed by atoms with Crippen LogP contribution in [-0.2, 0) is 0 Å². The lowest BCUT2D eigenvalue weighted by atomic mass is 9.98. The number of carbonyl (C=O) groups is 1. The minimum Gasteiger partial charge on any atom is -0.465 e. The maximum Gasteiger partial charge on any atom is 0.408 e. The Morgan fingerprint density at radius 3 is 2.15 bits per heavy atom. The summed E-state index contributed by atoms with van der Waals surface area (Å²) in [5.74, 6) is 3.12. The monoisotopic (exact) mass is 542 g/mol. The van der Waals surface area contributed by atoms with Gasteiger partial charge in [0.25, 0.3) is 0 Å². The van der Waals surface area contributed by atoms with E-state index in [1.165, 1.54) is 29.4 Å². The van der Waals surface area contributed by atoms with E-state index in [-0.39, 0.29) is 12.1 Å². The molecule has 2 saturated carbocycles. The third kappa shape index (κ3) is 3.89. The van der Waals surface area contributed by atoms with Crippen LogP contribution >= 0.6 is 0 Å². The molecule has 9 rings (SSSR count). The topological polar surface area (TPSA) is 110 Å². The molecule has 8 nitrogen and oxygen atoms in total. The van der Waals surface area contributed by atoms with Crippen LogP contribution in [0.5, 0.6) is 0 Å². The average Bonchev–Trinajstić information content (AvgIpc) is 3.57. The summed E-state index contributed by atoms with van der Waals surface area (Å²) in [7, 11) is 0. The van der Waals surface area contributed by atoms with Gasteiger partial charge < -0.3 is 20.4 Å². The molecule has 2 saturated heterocycles. The van der Waals surface area contributed by atoms with Crippen LogP contribution in [-0.4, -0.2) is 48.1 Å². The Labute approximate surface area is 236 Å². The van der Waals surface area contributed by atoms with Gasteiger partial charge in [0.1, 0.15) is 11.6 Å². The van der Waals surface area contributed by atoms with Gasteiger partial charge in [-0.05, 0) is 77.1 Å². The van der Waals surface area contributed by atoms with Gasteiger partial charge >= 0.3 is 6.09 Å². The van der Waals surface area contributed by atoms with Gasteiger partial charge in [0, 0.05) is 17.6 Å². The Morgan fingerprint density at radius 2 is 1.39 bits per heavy atom. The molecule has 8 heteroatoms. The maximum absolute atomic E-state index is 11.8. The van der Waals surface area contributed by atoms with Crippen molar-refractivity contribution in [1.82, 2.24) is 30.2 Å². The van der Waals surface area contributed by atoms with Crippen molar-refractivity contribution in [2.45, 2.75) is 49.9 Å². The number of piperidine rings is 2. The van der Waals surface area contributed by atoms with E-state index in [0.717, 1.165) is 58.3 Å². The first kappa shape index (κ1) is 23.3. The molecule has 41 heavy (non-hydrogen) atoms. The predicted molar refractivity (Wildman–Crippen MR) is 156 cm³/mol. The number of hydrogen-bond acceptors (Lipinski definition) is 4. The van der Waals surface area contributed by atoms with Crippen molar-refractivity contribution in [1.29, 1.82) is 0 Å². The number of fused-ring (bicyclic) bond motifs is 3. The van der Waals surface area contributed by atoms with Crippen molar-refractivity contribution < 1.29 is 9.90 Å². The van der Waals surface area contributed by atoms with Gasteiger partial charge in [-0.15, -0.1) is 0 Å². The molecule has 5 aromatic rings. The zero-order valence-electron chi connectivity index (χ0n) is 22.4. The van der Waals surface area contributed by atoms with Crippen LogP contribution in [0, 0.1) is 11.8 Å². The van der Waals surface area contributed by atoms with E-state index in [2.05, 4.69) is 85.9 Å². The smallest absolute Gasteiger partial charge is 0.408 e. The number of nitrogens with one attached hydrogen (secondary N) is 3. The van der Waals surface area contributed by atoms with Gasteiger partial charge in [0.05, 0.1) is 35.9 Å². The van der Waals surface area contributed by atoms with Crippen molar-refractivity contribution in [3.63, 3.8) is 0 Å². The molecule has 0 spiro atoms. The van der Waals surface area contributed by atoms with Crippen LogP contribution in [0.1, 0.15) is 49.4 Å². The highest BCUT2D eigenvalue weighted by atomic mass is 16.4. The van der Waals surface area contributed by atoms with Crippen LogP contribution < -0.4 is 5.32 Å². The Kier molecular flexibility index (Phi) is 4.85. The Balaban J connectivity index is 0.933. The molecule has 3 aromatic carbocycles. The van der Waals surface area contributed by atoms with Crippen LogP contribution in [0.25, 0.3) is 44.4 Å². The molecule has 2 aromatic heterocycles. The molecule has 1 amide bonds. The molecule has 2 aliphatic carbocycles. The predicted octanol–water partition coefficient (Wildman–Crippen LogP) is 6.52. The van der Waals surface area contributed by atoms with Gasteiger partial charge in [-0.25, -0.2) is 14.8 Å². The first-order chi connectivity index (χ1) is 20.1. The molecule has 6 atom stereocenters. The van der Waals surface area contributed by atoms with Gasteiger partial charge in [-0.2, -0.15) is 0 Å². The number of hydrogen-bond donors (Lipinski definition) is 4. The van der Waals surface area contributed by atoms with E-state index in [1.807, 2.05) is 12.4 Å². The van der Waals surface area contributed by atoms with E-state index < -0.39 is 6.09 Å². The lowest BCUT2D eigenvalue weighted by Gasteiger charge is -2.22. The van der Waals surface area contributed by atoms with Crippen molar-refractivity contribution in [3.8, 4) is 33.6 Å². The van der Waals surface area contributed by atoms with Crippen molar-refractivity contribution >= 4 is 16.9 Å². The number of aromatic nitrogens is 4. The van der Waals surface area contributed by atoms with Crippen molar-refractivity contribution in [2.75, 3.05) is 0 Å². The van der Waals surface area contributed by atoms with Crippen LogP contribution in [0.3, 0.4) is 0 Å². The van der Waals surface area contributed by atoms with Crippen molar-refractivity contribution in [3.05, 3.63) is 84.7 Å². The zero-order valence-corrected chi connectivity index (χ0v) is 22.4. The molecule has 0 radical (unpaired) electrons. The molecule has 4 N–H and O–H groups in total. The number of amides is 1. The second-order valence-corrected chi connectivity index (χ2v) is 12.3. The number of nitrogens with zero attached hydrogens (tertiary/aromatic N) is 3. The number of imidazole rings is 2. The summed E-state index contributed by atoms with van der Waals surface area (Å²) >= 11 is 0. The number of rotatable bonds is 5. The van der Waals surface area contributed by atoms with Gasteiger partial charge in [0.2, 0.25) is 0 Å². The second kappa shape index (κ2) is 8.54. The SMILES string of the molecule is O=C(O)N1C(c2ncc(-c3ccc4cc(-c5ccc(-c6cnc([C@@H]7C[C@@H]8C[C@H]8N7)[nH]6)cc5)ccc4c3)[nH]2)CC2CC21. The Bertz CT molecular complexity index is 1810. The molecule has 0 bridgehead atoms. The highest BCUT2D eigenvalue weighted by Crippen LogP contribution is 2.53. The fourth-order valence-corrected chi connectivity index (χ4v) is 7.26. The van der Waals surface area contributed by atoms with Gasteiger partial charge in [0.15, 0.2) is 0 Å². The van der Waals surface area contributed by atoms with Gasteiger partial charge in [-0.3, -0.25) is 4.90 Å². The van der Waals surface area contributed by atoms with E-state index in [9.17, 15) is 9.90 Å². The number of carboxylic acid groups (broad SMARTS) is 1. The highest BCUT2D eigenvalue weighted by Gasteiger charge is 2.55. The number of likely N-dealkylation sites (tertiary alicyclic amines) is 1. The third-order valence-electron chi connectivity index (χ3n) is 9.72. The fourth-order valence-electron chi connectivity index (χ4n) is 7.26. The summed E-state index contributed by atoms with van der Waals surface area (Å²) in [5, 5.41) is 15.7. The summed E-state index contributed by atoms with van der Waals surface area (Å²) in [6.07, 6.45) is 7.27. The summed E-state index contributed by atoms with van der Waals surface area (Å²) in [6.45, 7) is 0. The highest BCUT2D eigenvalue weighted by molar-refractivity contribution is 5.90. The Hall–Kier alpha value is -4.43. The van der Waals surface area contributed by atoms with Crippen LogP contribution in [0.4, 0.5) is 4.79 Å². The minimum absolute atomic E-state index is 0.167. The minimum atomic E-state index is -0.850. The lowest BCUT2D eigenvalue weighted by molar-refractivity contribution is 0.128. The van der Waals surface area contributed by atoms with Gasteiger partial charge in [-0.1, -0.05) is 48.5 Å². The molecule has 2 aliphatic heterocycles. The summed E-state index contributed by atoms with van der Waals surface area (Å²) in [4.78, 5) is 29.6. The molecule has 204 valence electrons. The molecular formula is C33H30N6O2.